The Hall–Kier alpha value is -0.300. The van der Waals surface area contributed by atoms with Crippen LogP contribution in [0.1, 0.15) is 63.6 Å². The molecule has 0 radical (unpaired) electrons. The van der Waals surface area contributed by atoms with E-state index in [1.807, 2.05) is 0 Å². The van der Waals surface area contributed by atoms with Crippen molar-refractivity contribution in [3.63, 3.8) is 0 Å². The molecule has 0 aliphatic heterocycles. The van der Waals surface area contributed by atoms with Crippen LogP contribution < -0.4 is 0 Å². The summed E-state index contributed by atoms with van der Waals surface area (Å²) in [6.45, 7) is 11.3. The van der Waals surface area contributed by atoms with Gasteiger partial charge in [-0.25, -0.2) is 0 Å². The predicted octanol–water partition coefficient (Wildman–Crippen LogP) is 5.79. The van der Waals surface area contributed by atoms with Gasteiger partial charge in [0.25, 0.3) is 0 Å². The second kappa shape index (κ2) is 6.04. The number of hydrogen-bond acceptors (Lipinski definition) is 0. The van der Waals surface area contributed by atoms with Crippen molar-refractivity contribution in [1.82, 2.24) is 0 Å². The predicted molar refractivity (Wildman–Crippen MR) is 80.8 cm³/mol. The van der Waals surface area contributed by atoms with Crippen molar-refractivity contribution in [2.45, 2.75) is 65.7 Å². The molecule has 1 rings (SSSR count). The second-order valence-corrected chi connectivity index (χ2v) is 6.73. The number of halogens is 1. The van der Waals surface area contributed by atoms with Crippen LogP contribution in [-0.2, 0) is 11.8 Å². The van der Waals surface area contributed by atoms with Crippen molar-refractivity contribution < 1.29 is 0 Å². The van der Waals surface area contributed by atoms with Gasteiger partial charge in [0.2, 0.25) is 0 Å². The summed E-state index contributed by atoms with van der Waals surface area (Å²) in [4.78, 5) is 0. The summed E-state index contributed by atoms with van der Waals surface area (Å²) in [5.41, 5.74) is 4.57. The highest BCUT2D eigenvalue weighted by atomic mass is 79.9. The van der Waals surface area contributed by atoms with Crippen LogP contribution in [0, 0.1) is 6.92 Å². The molecule has 0 bridgehead atoms. The van der Waals surface area contributed by atoms with Crippen molar-refractivity contribution in [3.05, 3.63) is 33.3 Å². The summed E-state index contributed by atoms with van der Waals surface area (Å²) in [6, 6.07) is 4.55. The highest BCUT2D eigenvalue weighted by Gasteiger charge is 2.21. The Morgan fingerprint density at radius 1 is 1.12 bits per heavy atom. The lowest BCUT2D eigenvalue weighted by Crippen LogP contribution is -2.16. The number of aryl methyl sites for hydroxylation is 2. The Morgan fingerprint density at radius 2 is 1.76 bits per heavy atom. The normalized spacial score (nSPS) is 11.9. The van der Waals surface area contributed by atoms with E-state index in [1.54, 1.807) is 0 Å². The number of rotatable bonds is 4. The number of unbranched alkanes of at least 4 members (excludes halogenated alkanes) is 2. The van der Waals surface area contributed by atoms with E-state index in [0.717, 1.165) is 0 Å². The van der Waals surface area contributed by atoms with E-state index >= 15 is 0 Å². The minimum Gasteiger partial charge on any atom is -0.0654 e. The maximum atomic E-state index is 3.78. The van der Waals surface area contributed by atoms with Crippen molar-refractivity contribution >= 4 is 15.9 Å². The molecule has 0 heterocycles. The van der Waals surface area contributed by atoms with Crippen LogP contribution in [0.4, 0.5) is 0 Å². The van der Waals surface area contributed by atoms with Crippen molar-refractivity contribution in [2.24, 2.45) is 0 Å². The largest absolute Gasteiger partial charge is 0.0654 e. The summed E-state index contributed by atoms with van der Waals surface area (Å²) in [5.74, 6) is 0. The smallest absolute Gasteiger partial charge is 0.0244 e. The molecule has 0 nitrogen and oxygen atoms in total. The van der Waals surface area contributed by atoms with Gasteiger partial charge < -0.3 is 0 Å². The molecule has 0 saturated carbocycles. The van der Waals surface area contributed by atoms with Gasteiger partial charge in [-0.05, 0) is 41.9 Å². The summed E-state index contributed by atoms with van der Waals surface area (Å²) in [5, 5.41) is 0. The van der Waals surface area contributed by atoms with Crippen LogP contribution in [0.2, 0.25) is 0 Å². The van der Waals surface area contributed by atoms with Crippen LogP contribution in [-0.4, -0.2) is 0 Å². The molecule has 0 aliphatic rings. The molecule has 96 valence electrons. The molecular weight excluding hydrogens is 272 g/mol. The third kappa shape index (κ3) is 3.84. The standard InChI is InChI=1S/C16H25Br/c1-6-7-8-9-13-11-10-12(2)15(17)14(13)16(3,4)5/h10-11H,6-9H2,1-5H3. The highest BCUT2D eigenvalue weighted by Crippen LogP contribution is 2.35. The van der Waals surface area contributed by atoms with Crippen molar-refractivity contribution in [1.29, 1.82) is 0 Å². The first-order chi connectivity index (χ1) is 7.88. The molecular formula is C16H25Br. The van der Waals surface area contributed by atoms with Crippen LogP contribution in [0.25, 0.3) is 0 Å². The molecule has 0 spiro atoms. The average molecular weight is 297 g/mol. The molecule has 0 amide bonds. The Morgan fingerprint density at radius 3 is 2.29 bits per heavy atom. The lowest BCUT2D eigenvalue weighted by molar-refractivity contribution is 0.574. The fraction of sp³-hybridized carbons (Fsp3) is 0.625. The first-order valence-corrected chi connectivity index (χ1v) is 7.45. The van der Waals surface area contributed by atoms with Crippen LogP contribution in [0.15, 0.2) is 16.6 Å². The van der Waals surface area contributed by atoms with Crippen LogP contribution in [0.3, 0.4) is 0 Å². The molecule has 1 heteroatoms. The molecule has 0 unspecified atom stereocenters. The number of benzene rings is 1. The van der Waals surface area contributed by atoms with E-state index in [9.17, 15) is 0 Å². The minimum atomic E-state index is 0.215. The van der Waals surface area contributed by atoms with E-state index in [0.29, 0.717) is 0 Å². The fourth-order valence-corrected chi connectivity index (χ4v) is 3.29. The van der Waals surface area contributed by atoms with Gasteiger partial charge in [0.15, 0.2) is 0 Å². The van der Waals surface area contributed by atoms with Gasteiger partial charge in [0.05, 0.1) is 0 Å². The van der Waals surface area contributed by atoms with Crippen LogP contribution in [0.5, 0.6) is 0 Å². The van der Waals surface area contributed by atoms with Crippen LogP contribution >= 0.6 is 15.9 Å². The first-order valence-electron chi connectivity index (χ1n) is 6.66. The monoisotopic (exact) mass is 296 g/mol. The molecule has 0 aromatic heterocycles. The zero-order valence-electron chi connectivity index (χ0n) is 11.9. The van der Waals surface area contributed by atoms with Crippen molar-refractivity contribution in [3.8, 4) is 0 Å². The Kier molecular flexibility index (Phi) is 5.24. The van der Waals surface area contributed by atoms with Gasteiger partial charge in [0.1, 0.15) is 0 Å². The van der Waals surface area contributed by atoms with Gasteiger partial charge in [0, 0.05) is 4.47 Å². The lowest BCUT2D eigenvalue weighted by Gasteiger charge is -2.26. The van der Waals surface area contributed by atoms with E-state index in [1.165, 1.54) is 46.8 Å². The van der Waals surface area contributed by atoms with E-state index in [4.69, 9.17) is 0 Å². The molecule has 0 saturated heterocycles. The zero-order chi connectivity index (χ0) is 13.1. The minimum absolute atomic E-state index is 0.215. The summed E-state index contributed by atoms with van der Waals surface area (Å²) in [6.07, 6.45) is 5.13. The molecule has 1 aromatic carbocycles. The quantitative estimate of drug-likeness (QED) is 0.617. The highest BCUT2D eigenvalue weighted by molar-refractivity contribution is 9.10. The summed E-state index contributed by atoms with van der Waals surface area (Å²) < 4.78 is 1.30. The molecule has 0 fully saturated rings. The topological polar surface area (TPSA) is 0 Å². The Balaban J connectivity index is 3.08. The van der Waals surface area contributed by atoms with E-state index in [-0.39, 0.29) is 5.41 Å². The number of hydrogen-bond donors (Lipinski definition) is 0. The first kappa shape index (κ1) is 14.8. The Bertz CT molecular complexity index is 372. The third-order valence-electron chi connectivity index (χ3n) is 3.22. The maximum Gasteiger partial charge on any atom is 0.0244 e. The molecule has 0 N–H and O–H groups in total. The van der Waals surface area contributed by atoms with E-state index in [2.05, 4.69) is 62.7 Å². The van der Waals surface area contributed by atoms with Gasteiger partial charge in [-0.1, -0.05) is 68.6 Å². The van der Waals surface area contributed by atoms with Crippen molar-refractivity contribution in [2.75, 3.05) is 0 Å². The third-order valence-corrected chi connectivity index (χ3v) is 4.24. The van der Waals surface area contributed by atoms with Gasteiger partial charge in [-0.3, -0.25) is 0 Å². The summed E-state index contributed by atoms with van der Waals surface area (Å²) in [7, 11) is 0. The van der Waals surface area contributed by atoms with Gasteiger partial charge in [-0.15, -0.1) is 0 Å². The fourth-order valence-electron chi connectivity index (χ4n) is 2.30. The molecule has 17 heavy (non-hydrogen) atoms. The average Bonchev–Trinajstić information content (AvgIpc) is 2.22. The molecule has 1 aromatic rings. The summed E-state index contributed by atoms with van der Waals surface area (Å²) >= 11 is 3.78. The SMILES string of the molecule is CCCCCc1ccc(C)c(Br)c1C(C)(C)C. The Labute approximate surface area is 115 Å². The van der Waals surface area contributed by atoms with Gasteiger partial charge in [-0.2, -0.15) is 0 Å². The lowest BCUT2D eigenvalue weighted by atomic mass is 9.81. The van der Waals surface area contributed by atoms with Gasteiger partial charge >= 0.3 is 0 Å². The zero-order valence-corrected chi connectivity index (χ0v) is 13.4. The molecule has 0 atom stereocenters. The maximum absolute atomic E-state index is 3.78. The van der Waals surface area contributed by atoms with E-state index < -0.39 is 0 Å². The second-order valence-electron chi connectivity index (χ2n) is 5.94. The molecule has 0 aliphatic carbocycles.